The minimum Gasteiger partial charge on any atom is -0.492 e. The number of hydrogen-bond acceptors (Lipinski definition) is 6. The molecule has 266 valence electrons. The lowest BCUT2D eigenvalue weighted by Crippen LogP contribution is -2.40. The van der Waals surface area contributed by atoms with Crippen LogP contribution in [0.1, 0.15) is 68.5 Å². The third kappa shape index (κ3) is 9.46. The van der Waals surface area contributed by atoms with Crippen molar-refractivity contribution in [2.75, 3.05) is 38.5 Å². The largest absolute Gasteiger partial charge is 0.492 e. The molecule has 3 aromatic carbocycles. The summed E-state index contributed by atoms with van der Waals surface area (Å²) in [4.78, 5) is 3.63. The number of fused-ring (bicyclic) bond motifs is 3. The maximum Gasteiger partial charge on any atom is 0.301 e. The molecule has 4 aromatic rings. The van der Waals surface area contributed by atoms with Gasteiger partial charge in [0.2, 0.25) is 0 Å². The Balaban J connectivity index is 1.31. The summed E-state index contributed by atoms with van der Waals surface area (Å²) < 4.78 is 49.3. The number of aromatic amines is 1. The standard InChI is InChI=1S/C38H54N4O5SSi/c1-6-49(7-2,8-3)47-38(27-39-23-24-45-31-20-21-35-33(26-31)32-17-13-10-14-18-34(32)40-35)30-19-22-37(46-28-29-15-11-9-12-16-29)36(25-30)41-48(43,44)42(4)5/h9,11-12,15-16,19-22,25-26,38-41H,6-8,10,13-14,17-18,23-24,27-28H2,1-5H3. The highest BCUT2D eigenvalue weighted by atomic mass is 32.2. The van der Waals surface area contributed by atoms with Crippen LogP contribution in [0.5, 0.6) is 11.5 Å². The summed E-state index contributed by atoms with van der Waals surface area (Å²) >= 11 is 0. The van der Waals surface area contributed by atoms with Crippen LogP contribution < -0.4 is 19.5 Å². The molecule has 1 aliphatic carbocycles. The van der Waals surface area contributed by atoms with E-state index in [1.807, 2.05) is 54.6 Å². The van der Waals surface area contributed by atoms with E-state index < -0.39 is 18.5 Å². The van der Waals surface area contributed by atoms with Crippen LogP contribution in [0.15, 0.2) is 66.7 Å². The fourth-order valence-corrected chi connectivity index (χ4v) is 10.0. The lowest BCUT2D eigenvalue weighted by atomic mass is 10.1. The van der Waals surface area contributed by atoms with Gasteiger partial charge < -0.3 is 24.2 Å². The summed E-state index contributed by atoms with van der Waals surface area (Å²) in [5.41, 5.74) is 6.30. The van der Waals surface area contributed by atoms with Gasteiger partial charge in [0.15, 0.2) is 8.32 Å². The van der Waals surface area contributed by atoms with E-state index in [9.17, 15) is 8.42 Å². The van der Waals surface area contributed by atoms with Crippen molar-refractivity contribution in [1.82, 2.24) is 14.6 Å². The van der Waals surface area contributed by atoms with Crippen LogP contribution in [0.25, 0.3) is 10.9 Å². The van der Waals surface area contributed by atoms with Crippen LogP contribution in [-0.2, 0) is 34.1 Å². The van der Waals surface area contributed by atoms with Crippen molar-refractivity contribution in [3.05, 3.63) is 89.1 Å². The molecule has 1 aliphatic rings. The molecule has 1 atom stereocenters. The van der Waals surface area contributed by atoms with Crippen molar-refractivity contribution in [3.63, 3.8) is 0 Å². The highest BCUT2D eigenvalue weighted by Crippen LogP contribution is 2.35. The van der Waals surface area contributed by atoms with Crippen LogP contribution in [0.2, 0.25) is 18.1 Å². The third-order valence-corrected chi connectivity index (χ3v) is 15.9. The van der Waals surface area contributed by atoms with Gasteiger partial charge in [-0.2, -0.15) is 12.7 Å². The van der Waals surface area contributed by atoms with Gasteiger partial charge in [0.25, 0.3) is 0 Å². The molecule has 0 saturated carbocycles. The lowest BCUT2D eigenvalue weighted by molar-refractivity contribution is 0.183. The molecule has 0 fully saturated rings. The Kier molecular flexibility index (Phi) is 12.8. The van der Waals surface area contributed by atoms with Crippen molar-refractivity contribution < 1.29 is 22.3 Å². The Morgan fingerprint density at radius 2 is 1.65 bits per heavy atom. The molecule has 1 aromatic heterocycles. The van der Waals surface area contributed by atoms with E-state index in [0.29, 0.717) is 37.7 Å². The summed E-state index contributed by atoms with van der Waals surface area (Å²) in [6.45, 7) is 8.68. The molecule has 0 bridgehead atoms. The molecule has 11 heteroatoms. The molecule has 0 saturated heterocycles. The number of nitrogens with zero attached hydrogens (tertiary/aromatic N) is 1. The fourth-order valence-electron chi connectivity index (χ4n) is 6.57. The topological polar surface area (TPSA) is 105 Å². The molecular formula is C38H54N4O5SSi. The lowest BCUT2D eigenvalue weighted by Gasteiger charge is -2.34. The van der Waals surface area contributed by atoms with Crippen molar-refractivity contribution in [2.24, 2.45) is 0 Å². The second kappa shape index (κ2) is 17.0. The predicted molar refractivity (Wildman–Crippen MR) is 202 cm³/mol. The van der Waals surface area contributed by atoms with Gasteiger partial charge >= 0.3 is 10.2 Å². The molecule has 0 radical (unpaired) electrons. The zero-order valence-corrected chi connectivity index (χ0v) is 31.6. The maximum absolute atomic E-state index is 13.0. The fraction of sp³-hybridized carbons (Fsp3) is 0.474. The van der Waals surface area contributed by atoms with Crippen LogP contribution in [-0.4, -0.2) is 59.8 Å². The Morgan fingerprint density at radius 3 is 2.39 bits per heavy atom. The van der Waals surface area contributed by atoms with Crippen LogP contribution in [0.3, 0.4) is 0 Å². The zero-order chi connectivity index (χ0) is 34.9. The monoisotopic (exact) mass is 706 g/mol. The number of rotatable bonds is 18. The maximum atomic E-state index is 13.0. The number of nitrogens with one attached hydrogen (secondary N) is 3. The molecule has 1 unspecified atom stereocenters. The molecule has 49 heavy (non-hydrogen) atoms. The second-order valence-electron chi connectivity index (χ2n) is 13.2. The van der Waals surface area contributed by atoms with Crippen molar-refractivity contribution in [3.8, 4) is 11.5 Å². The van der Waals surface area contributed by atoms with Gasteiger partial charge in [-0.15, -0.1) is 0 Å². The normalized spacial score (nSPS) is 14.4. The number of aromatic nitrogens is 1. The average Bonchev–Trinajstić information content (AvgIpc) is 3.28. The van der Waals surface area contributed by atoms with Crippen molar-refractivity contribution in [1.29, 1.82) is 0 Å². The molecular weight excluding hydrogens is 653 g/mol. The van der Waals surface area contributed by atoms with Gasteiger partial charge in [0, 0.05) is 43.8 Å². The first-order valence-electron chi connectivity index (χ1n) is 17.8. The highest BCUT2D eigenvalue weighted by Gasteiger charge is 2.33. The van der Waals surface area contributed by atoms with Gasteiger partial charge in [-0.05, 0) is 90.8 Å². The summed E-state index contributed by atoms with van der Waals surface area (Å²) in [7, 11) is -2.80. The smallest absolute Gasteiger partial charge is 0.301 e. The molecule has 1 heterocycles. The minimum atomic E-state index is -3.78. The van der Waals surface area contributed by atoms with Crippen LogP contribution in [0.4, 0.5) is 5.69 Å². The summed E-state index contributed by atoms with van der Waals surface area (Å²) in [5.74, 6) is 1.34. The first kappa shape index (κ1) is 36.9. The molecule has 5 rings (SSSR count). The molecule has 0 spiro atoms. The predicted octanol–water partition coefficient (Wildman–Crippen LogP) is 7.97. The second-order valence-corrected chi connectivity index (χ2v) is 19.8. The van der Waals surface area contributed by atoms with E-state index in [1.54, 1.807) is 0 Å². The molecule has 9 nitrogen and oxygen atoms in total. The van der Waals surface area contributed by atoms with Crippen LogP contribution in [0, 0.1) is 0 Å². The van der Waals surface area contributed by atoms with Gasteiger partial charge in [-0.3, -0.25) is 4.72 Å². The SMILES string of the molecule is CC[Si](CC)(CC)OC(CNCCOc1ccc2[nH]c3c(c2c1)CCCCC3)c1ccc(OCc2ccccc2)c(NS(=O)(=O)N(C)C)c1. The Labute approximate surface area is 294 Å². The Morgan fingerprint density at radius 1 is 0.898 bits per heavy atom. The van der Waals surface area contributed by atoms with E-state index in [2.05, 4.69) is 47.9 Å². The van der Waals surface area contributed by atoms with E-state index in [0.717, 1.165) is 52.2 Å². The summed E-state index contributed by atoms with van der Waals surface area (Å²) in [5, 5.41) is 4.86. The number of benzene rings is 3. The van der Waals surface area contributed by atoms with E-state index in [4.69, 9.17) is 13.9 Å². The Hall–Kier alpha value is -3.35. The molecule has 0 aliphatic heterocycles. The van der Waals surface area contributed by atoms with E-state index in [1.165, 1.54) is 55.5 Å². The third-order valence-electron chi connectivity index (χ3n) is 9.85. The van der Waals surface area contributed by atoms with Gasteiger partial charge in [-0.1, -0.05) is 63.6 Å². The quantitative estimate of drug-likeness (QED) is 0.0551. The number of anilines is 1. The first-order chi connectivity index (χ1) is 23.7. The number of H-pyrrole nitrogens is 1. The molecule has 3 N–H and O–H groups in total. The zero-order valence-electron chi connectivity index (χ0n) is 29.8. The molecule has 0 amide bonds. The van der Waals surface area contributed by atoms with Gasteiger partial charge in [0.1, 0.15) is 24.7 Å². The number of hydrogen-bond donors (Lipinski definition) is 3. The summed E-state index contributed by atoms with van der Waals surface area (Å²) in [6.07, 6.45) is 5.74. The Bertz CT molecular complexity index is 1750. The van der Waals surface area contributed by atoms with Gasteiger partial charge in [-0.25, -0.2) is 0 Å². The van der Waals surface area contributed by atoms with Crippen LogP contribution >= 0.6 is 0 Å². The van der Waals surface area contributed by atoms with Gasteiger partial charge in [0.05, 0.1) is 11.8 Å². The highest BCUT2D eigenvalue weighted by molar-refractivity contribution is 7.90. The van der Waals surface area contributed by atoms with E-state index >= 15 is 0 Å². The average molecular weight is 707 g/mol. The minimum absolute atomic E-state index is 0.274. The number of aryl methyl sites for hydroxylation is 2. The van der Waals surface area contributed by atoms with Crippen molar-refractivity contribution >= 4 is 35.1 Å². The number of ether oxygens (including phenoxy) is 2. The first-order valence-corrected chi connectivity index (χ1v) is 21.8. The summed E-state index contributed by atoms with van der Waals surface area (Å²) in [6, 6.07) is 24.9. The van der Waals surface area contributed by atoms with E-state index in [-0.39, 0.29) is 6.10 Å². The van der Waals surface area contributed by atoms with Crippen molar-refractivity contribution in [2.45, 2.75) is 83.7 Å².